The summed E-state index contributed by atoms with van der Waals surface area (Å²) in [5.41, 5.74) is 3.00. The largest absolute Gasteiger partial charge is 0.497 e. The van der Waals surface area contributed by atoms with E-state index in [1.165, 1.54) is 0 Å². The van der Waals surface area contributed by atoms with Gasteiger partial charge in [0.05, 0.1) is 12.7 Å². The molecule has 0 fully saturated rings. The van der Waals surface area contributed by atoms with Gasteiger partial charge >= 0.3 is 0 Å². The fraction of sp³-hybridized carbons (Fsp3) is 0.0625. The van der Waals surface area contributed by atoms with Gasteiger partial charge in [0.1, 0.15) is 5.75 Å². The van der Waals surface area contributed by atoms with Crippen molar-refractivity contribution in [2.75, 3.05) is 17.7 Å². The summed E-state index contributed by atoms with van der Waals surface area (Å²) in [6.45, 7) is 0. The van der Waals surface area contributed by atoms with E-state index in [2.05, 4.69) is 10.6 Å². The van der Waals surface area contributed by atoms with Crippen molar-refractivity contribution in [1.29, 1.82) is 0 Å². The van der Waals surface area contributed by atoms with Crippen LogP contribution in [0.3, 0.4) is 0 Å². The number of anilines is 2. The van der Waals surface area contributed by atoms with Gasteiger partial charge in [-0.05, 0) is 42.5 Å². The standard InChI is InChI=1S/C16H13ClN2O2/c1-21-12-5-3-11(4-6-12)18-9-14-13-8-10(17)2-7-15(13)19-16(14)20/h2-9,18H,1H3,(H,19,20)/b14-9+. The monoisotopic (exact) mass is 300 g/mol. The molecule has 1 aliphatic heterocycles. The van der Waals surface area contributed by atoms with Gasteiger partial charge in [-0.1, -0.05) is 11.6 Å². The first-order valence-corrected chi connectivity index (χ1v) is 6.77. The molecule has 1 heterocycles. The fourth-order valence-electron chi connectivity index (χ4n) is 2.15. The van der Waals surface area contributed by atoms with Gasteiger partial charge in [0, 0.05) is 28.2 Å². The number of hydrogen-bond donors (Lipinski definition) is 2. The molecule has 2 aromatic carbocycles. The van der Waals surface area contributed by atoms with Crippen molar-refractivity contribution in [3.63, 3.8) is 0 Å². The highest BCUT2D eigenvalue weighted by atomic mass is 35.5. The Hall–Kier alpha value is -2.46. The molecule has 0 saturated carbocycles. The zero-order valence-corrected chi connectivity index (χ0v) is 12.1. The molecule has 4 nitrogen and oxygen atoms in total. The van der Waals surface area contributed by atoms with E-state index in [4.69, 9.17) is 16.3 Å². The smallest absolute Gasteiger partial charge is 0.257 e. The van der Waals surface area contributed by atoms with Crippen LogP contribution in [0.5, 0.6) is 5.75 Å². The van der Waals surface area contributed by atoms with Crippen LogP contribution in [-0.4, -0.2) is 13.0 Å². The van der Waals surface area contributed by atoms with Crippen LogP contribution in [0.25, 0.3) is 5.57 Å². The van der Waals surface area contributed by atoms with E-state index in [9.17, 15) is 4.79 Å². The summed E-state index contributed by atoms with van der Waals surface area (Å²) >= 11 is 5.99. The van der Waals surface area contributed by atoms with Gasteiger partial charge in [-0.2, -0.15) is 0 Å². The van der Waals surface area contributed by atoms with Gasteiger partial charge in [-0.15, -0.1) is 0 Å². The average molecular weight is 301 g/mol. The number of ether oxygens (including phenoxy) is 1. The molecule has 0 spiro atoms. The Balaban J connectivity index is 1.86. The van der Waals surface area contributed by atoms with Crippen LogP contribution in [0.1, 0.15) is 5.56 Å². The van der Waals surface area contributed by atoms with E-state index in [1.807, 2.05) is 24.3 Å². The number of halogens is 1. The van der Waals surface area contributed by atoms with Crippen molar-refractivity contribution in [2.24, 2.45) is 0 Å². The normalized spacial score (nSPS) is 14.8. The minimum atomic E-state index is -0.145. The molecule has 0 atom stereocenters. The molecule has 2 aromatic rings. The molecular weight excluding hydrogens is 288 g/mol. The van der Waals surface area contributed by atoms with Crippen molar-refractivity contribution < 1.29 is 9.53 Å². The number of benzene rings is 2. The molecule has 106 valence electrons. The summed E-state index contributed by atoms with van der Waals surface area (Å²) < 4.78 is 5.10. The van der Waals surface area contributed by atoms with Crippen molar-refractivity contribution in [3.8, 4) is 5.75 Å². The highest BCUT2D eigenvalue weighted by Gasteiger charge is 2.24. The first-order valence-electron chi connectivity index (χ1n) is 6.39. The summed E-state index contributed by atoms with van der Waals surface area (Å²) in [5, 5.41) is 6.51. The Bertz CT molecular complexity index is 724. The molecule has 0 bridgehead atoms. The van der Waals surface area contributed by atoms with Gasteiger partial charge in [0.2, 0.25) is 0 Å². The molecule has 5 heteroatoms. The Morgan fingerprint density at radius 1 is 1.19 bits per heavy atom. The second kappa shape index (κ2) is 5.50. The van der Waals surface area contributed by atoms with Crippen molar-refractivity contribution in [2.45, 2.75) is 0 Å². The number of amides is 1. The van der Waals surface area contributed by atoms with Crippen LogP contribution in [0.2, 0.25) is 5.02 Å². The summed E-state index contributed by atoms with van der Waals surface area (Å²) in [6, 6.07) is 12.8. The molecule has 0 aromatic heterocycles. The number of carbonyl (C=O) groups is 1. The van der Waals surface area contributed by atoms with Crippen LogP contribution in [-0.2, 0) is 4.79 Å². The topological polar surface area (TPSA) is 50.4 Å². The summed E-state index contributed by atoms with van der Waals surface area (Å²) in [4.78, 5) is 12.0. The Kier molecular flexibility index (Phi) is 3.54. The summed E-state index contributed by atoms with van der Waals surface area (Å²) in [7, 11) is 1.62. The number of carbonyl (C=O) groups excluding carboxylic acids is 1. The van der Waals surface area contributed by atoms with Crippen LogP contribution in [0.15, 0.2) is 48.7 Å². The van der Waals surface area contributed by atoms with Gasteiger partial charge < -0.3 is 15.4 Å². The van der Waals surface area contributed by atoms with Crippen LogP contribution < -0.4 is 15.4 Å². The second-order valence-electron chi connectivity index (χ2n) is 4.57. The molecule has 0 saturated heterocycles. The lowest BCUT2D eigenvalue weighted by Crippen LogP contribution is -2.05. The van der Waals surface area contributed by atoms with E-state index in [0.717, 1.165) is 22.7 Å². The molecule has 2 N–H and O–H groups in total. The average Bonchev–Trinajstić information content (AvgIpc) is 2.80. The number of rotatable bonds is 3. The third-order valence-corrected chi connectivity index (χ3v) is 3.47. The van der Waals surface area contributed by atoms with Gasteiger partial charge in [0.25, 0.3) is 5.91 Å². The van der Waals surface area contributed by atoms with E-state index in [0.29, 0.717) is 10.6 Å². The first-order chi connectivity index (χ1) is 10.2. The van der Waals surface area contributed by atoms with Gasteiger partial charge in [-0.25, -0.2) is 0 Å². The summed E-state index contributed by atoms with van der Waals surface area (Å²) in [6.07, 6.45) is 1.68. The fourth-order valence-corrected chi connectivity index (χ4v) is 2.32. The molecule has 21 heavy (non-hydrogen) atoms. The number of nitrogens with one attached hydrogen (secondary N) is 2. The maximum atomic E-state index is 12.0. The Morgan fingerprint density at radius 3 is 2.67 bits per heavy atom. The van der Waals surface area contributed by atoms with Gasteiger partial charge in [-0.3, -0.25) is 4.79 Å². The minimum Gasteiger partial charge on any atom is -0.497 e. The Morgan fingerprint density at radius 2 is 1.95 bits per heavy atom. The van der Waals surface area contributed by atoms with E-state index < -0.39 is 0 Å². The minimum absolute atomic E-state index is 0.145. The lowest BCUT2D eigenvalue weighted by molar-refractivity contribution is -0.110. The van der Waals surface area contributed by atoms with E-state index in [1.54, 1.807) is 31.5 Å². The van der Waals surface area contributed by atoms with Crippen molar-refractivity contribution in [1.82, 2.24) is 0 Å². The third kappa shape index (κ3) is 2.71. The predicted molar refractivity (Wildman–Crippen MR) is 84.7 cm³/mol. The quantitative estimate of drug-likeness (QED) is 0.849. The zero-order chi connectivity index (χ0) is 14.8. The zero-order valence-electron chi connectivity index (χ0n) is 11.3. The second-order valence-corrected chi connectivity index (χ2v) is 5.01. The Labute approximate surface area is 127 Å². The van der Waals surface area contributed by atoms with E-state index in [-0.39, 0.29) is 5.91 Å². The maximum Gasteiger partial charge on any atom is 0.257 e. The maximum absolute atomic E-state index is 12.0. The molecule has 1 aliphatic rings. The third-order valence-electron chi connectivity index (χ3n) is 3.24. The highest BCUT2D eigenvalue weighted by Crippen LogP contribution is 2.33. The molecule has 0 radical (unpaired) electrons. The molecular formula is C16H13ClN2O2. The van der Waals surface area contributed by atoms with E-state index >= 15 is 0 Å². The highest BCUT2D eigenvalue weighted by molar-refractivity contribution is 6.34. The number of hydrogen-bond acceptors (Lipinski definition) is 3. The number of methoxy groups -OCH3 is 1. The molecule has 3 rings (SSSR count). The van der Waals surface area contributed by atoms with Gasteiger partial charge in [0.15, 0.2) is 0 Å². The first kappa shape index (κ1) is 13.5. The SMILES string of the molecule is COc1ccc(N/C=C2/C(=O)Nc3ccc(Cl)cc32)cc1. The number of fused-ring (bicyclic) bond motifs is 1. The van der Waals surface area contributed by atoms with Crippen LogP contribution >= 0.6 is 11.6 Å². The van der Waals surface area contributed by atoms with Crippen LogP contribution in [0, 0.1) is 0 Å². The van der Waals surface area contributed by atoms with Crippen molar-refractivity contribution in [3.05, 3.63) is 59.3 Å². The molecule has 0 unspecified atom stereocenters. The predicted octanol–water partition coefficient (Wildman–Crippen LogP) is 3.75. The molecule has 0 aliphatic carbocycles. The molecule has 1 amide bonds. The van der Waals surface area contributed by atoms with Crippen LogP contribution in [0.4, 0.5) is 11.4 Å². The lowest BCUT2D eigenvalue weighted by Gasteiger charge is -2.04. The summed E-state index contributed by atoms with van der Waals surface area (Å²) in [5.74, 6) is 0.636. The van der Waals surface area contributed by atoms with Crippen molar-refractivity contribution >= 4 is 34.5 Å². The lowest BCUT2D eigenvalue weighted by atomic mass is 10.1.